The van der Waals surface area contributed by atoms with Crippen LogP contribution in [0, 0.1) is 6.92 Å². The van der Waals surface area contributed by atoms with Gasteiger partial charge in [0.15, 0.2) is 0 Å². The van der Waals surface area contributed by atoms with Crippen LogP contribution in [0.2, 0.25) is 0 Å². The van der Waals surface area contributed by atoms with Gasteiger partial charge in [0.05, 0.1) is 23.4 Å². The molecule has 2 aliphatic heterocycles. The van der Waals surface area contributed by atoms with Gasteiger partial charge in [0.2, 0.25) is 5.88 Å². The van der Waals surface area contributed by atoms with Gasteiger partial charge >= 0.3 is 6.03 Å². The summed E-state index contributed by atoms with van der Waals surface area (Å²) in [5, 5.41) is 2.22. The predicted octanol–water partition coefficient (Wildman–Crippen LogP) is 2.85. The summed E-state index contributed by atoms with van der Waals surface area (Å²) in [6.45, 7) is 4.33. The number of urea groups is 1. The van der Waals surface area contributed by atoms with Gasteiger partial charge in [-0.15, -0.1) is 0 Å². The molecule has 150 valence electrons. The molecular formula is C20H18BrN3O5. The zero-order valence-corrected chi connectivity index (χ0v) is 17.2. The molecule has 1 aromatic carbocycles. The van der Waals surface area contributed by atoms with E-state index in [2.05, 4.69) is 21.2 Å². The first kappa shape index (κ1) is 19.4. The standard InChI is InChI=1S/C20H18BrN3O5/c1-12-4-2-3-5-16(12)24-18(26)14(17(25)22-20(24)27)10-13-11-15(21)19(29-13)23-6-8-28-9-7-23/h2-5,10-11H,6-9H2,1H3,(H,22,25,27)/b14-10-. The van der Waals surface area contributed by atoms with Crippen molar-refractivity contribution in [3.63, 3.8) is 0 Å². The maximum atomic E-state index is 13.0. The normalized spacial score (nSPS) is 19.1. The molecule has 0 atom stereocenters. The maximum absolute atomic E-state index is 13.0. The fourth-order valence-corrected chi connectivity index (χ4v) is 3.82. The first-order chi connectivity index (χ1) is 14.0. The van der Waals surface area contributed by atoms with Gasteiger partial charge in [-0.2, -0.15) is 0 Å². The Morgan fingerprint density at radius 2 is 1.86 bits per heavy atom. The average molecular weight is 460 g/mol. The van der Waals surface area contributed by atoms with Gasteiger partial charge in [0.25, 0.3) is 11.8 Å². The summed E-state index contributed by atoms with van der Waals surface area (Å²) in [4.78, 5) is 40.6. The van der Waals surface area contributed by atoms with E-state index < -0.39 is 17.8 Å². The topological polar surface area (TPSA) is 92.1 Å². The molecule has 2 saturated heterocycles. The number of imide groups is 2. The molecule has 1 aromatic heterocycles. The molecule has 2 fully saturated rings. The third-order valence-corrected chi connectivity index (χ3v) is 5.30. The molecule has 9 heteroatoms. The highest BCUT2D eigenvalue weighted by molar-refractivity contribution is 9.10. The lowest BCUT2D eigenvalue weighted by Crippen LogP contribution is -2.54. The fraction of sp³-hybridized carbons (Fsp3) is 0.250. The summed E-state index contributed by atoms with van der Waals surface area (Å²) in [7, 11) is 0. The third-order valence-electron chi connectivity index (χ3n) is 4.73. The minimum absolute atomic E-state index is 0.178. The number of benzene rings is 1. The molecular weight excluding hydrogens is 442 g/mol. The minimum atomic E-state index is -0.777. The molecule has 29 heavy (non-hydrogen) atoms. The lowest BCUT2D eigenvalue weighted by atomic mass is 10.1. The number of carbonyl (C=O) groups excluding carboxylic acids is 3. The van der Waals surface area contributed by atoms with E-state index in [1.807, 2.05) is 4.90 Å². The highest BCUT2D eigenvalue weighted by Crippen LogP contribution is 2.32. The number of morpholine rings is 1. The SMILES string of the molecule is Cc1ccccc1N1C(=O)NC(=O)/C(=C/c2cc(Br)c(N3CCOCC3)o2)C1=O. The predicted molar refractivity (Wildman–Crippen MR) is 110 cm³/mol. The number of nitrogens with zero attached hydrogens (tertiary/aromatic N) is 2. The molecule has 2 aliphatic rings. The number of furan rings is 1. The number of halogens is 1. The Bertz CT molecular complexity index is 1020. The fourth-order valence-electron chi connectivity index (χ4n) is 3.26. The molecule has 0 spiro atoms. The molecule has 1 N–H and O–H groups in total. The number of carbonyl (C=O) groups is 3. The van der Waals surface area contributed by atoms with Crippen molar-refractivity contribution in [1.82, 2.24) is 5.32 Å². The second-order valence-electron chi connectivity index (χ2n) is 6.65. The van der Waals surface area contributed by atoms with Crippen LogP contribution < -0.4 is 15.1 Å². The molecule has 4 amide bonds. The number of aryl methyl sites for hydroxylation is 1. The smallest absolute Gasteiger partial charge is 0.335 e. The molecule has 8 nitrogen and oxygen atoms in total. The number of anilines is 2. The van der Waals surface area contributed by atoms with Gasteiger partial charge in [-0.1, -0.05) is 18.2 Å². The van der Waals surface area contributed by atoms with Crippen molar-refractivity contribution in [2.75, 3.05) is 36.1 Å². The van der Waals surface area contributed by atoms with E-state index in [1.165, 1.54) is 6.08 Å². The summed E-state index contributed by atoms with van der Waals surface area (Å²) >= 11 is 3.46. The number of hydrogen-bond acceptors (Lipinski definition) is 6. The van der Waals surface area contributed by atoms with Gasteiger partial charge in [-0.25, -0.2) is 9.69 Å². The maximum Gasteiger partial charge on any atom is 0.335 e. The van der Waals surface area contributed by atoms with Crippen LogP contribution in [0.5, 0.6) is 0 Å². The van der Waals surface area contributed by atoms with Gasteiger partial charge in [0.1, 0.15) is 11.3 Å². The Labute approximate surface area is 175 Å². The van der Waals surface area contributed by atoms with E-state index in [-0.39, 0.29) is 5.57 Å². The van der Waals surface area contributed by atoms with Gasteiger partial charge < -0.3 is 14.1 Å². The Kier molecular flexibility index (Phi) is 5.25. The van der Waals surface area contributed by atoms with Crippen molar-refractivity contribution >= 4 is 51.4 Å². The second-order valence-corrected chi connectivity index (χ2v) is 7.50. The van der Waals surface area contributed by atoms with E-state index >= 15 is 0 Å². The number of amides is 4. The zero-order chi connectivity index (χ0) is 20.5. The van der Waals surface area contributed by atoms with E-state index in [4.69, 9.17) is 9.15 Å². The Balaban J connectivity index is 1.67. The van der Waals surface area contributed by atoms with Crippen molar-refractivity contribution < 1.29 is 23.5 Å². The Hall–Kier alpha value is -2.91. The number of para-hydroxylation sites is 1. The Morgan fingerprint density at radius 1 is 1.14 bits per heavy atom. The zero-order valence-electron chi connectivity index (χ0n) is 15.6. The quantitative estimate of drug-likeness (QED) is 0.560. The monoisotopic (exact) mass is 459 g/mol. The highest BCUT2D eigenvalue weighted by Gasteiger charge is 2.37. The summed E-state index contributed by atoms with van der Waals surface area (Å²) in [5.74, 6) is -0.523. The van der Waals surface area contributed by atoms with Crippen molar-refractivity contribution in [1.29, 1.82) is 0 Å². The molecule has 0 radical (unpaired) electrons. The van der Waals surface area contributed by atoms with Crippen LogP contribution >= 0.6 is 15.9 Å². The second kappa shape index (κ2) is 7.84. The lowest BCUT2D eigenvalue weighted by Gasteiger charge is -2.27. The van der Waals surface area contributed by atoms with Crippen molar-refractivity contribution in [2.45, 2.75) is 6.92 Å². The largest absolute Gasteiger partial charge is 0.440 e. The van der Waals surface area contributed by atoms with Crippen LogP contribution in [-0.4, -0.2) is 44.1 Å². The molecule has 3 heterocycles. The third kappa shape index (κ3) is 3.70. The van der Waals surface area contributed by atoms with E-state index in [0.717, 1.165) is 10.5 Å². The first-order valence-corrected chi connectivity index (χ1v) is 9.84. The van der Waals surface area contributed by atoms with Crippen LogP contribution in [0.15, 0.2) is 44.8 Å². The van der Waals surface area contributed by atoms with Gasteiger partial charge in [-0.3, -0.25) is 14.9 Å². The number of hydrogen-bond donors (Lipinski definition) is 1. The molecule has 0 saturated carbocycles. The molecule has 0 aliphatic carbocycles. The van der Waals surface area contributed by atoms with Crippen molar-refractivity contribution in [2.24, 2.45) is 0 Å². The average Bonchev–Trinajstić information content (AvgIpc) is 3.07. The van der Waals surface area contributed by atoms with Crippen LogP contribution in [-0.2, 0) is 14.3 Å². The Morgan fingerprint density at radius 3 is 2.59 bits per heavy atom. The van der Waals surface area contributed by atoms with Crippen LogP contribution in [0.4, 0.5) is 16.4 Å². The van der Waals surface area contributed by atoms with E-state index in [1.54, 1.807) is 37.3 Å². The minimum Gasteiger partial charge on any atom is -0.440 e. The molecule has 0 bridgehead atoms. The highest BCUT2D eigenvalue weighted by atomic mass is 79.9. The summed E-state index contributed by atoms with van der Waals surface area (Å²) < 4.78 is 11.9. The van der Waals surface area contributed by atoms with Crippen molar-refractivity contribution in [3.8, 4) is 0 Å². The number of barbiturate groups is 1. The summed E-state index contributed by atoms with van der Waals surface area (Å²) in [5.41, 5.74) is 0.978. The van der Waals surface area contributed by atoms with Crippen LogP contribution in [0.3, 0.4) is 0 Å². The van der Waals surface area contributed by atoms with Gasteiger partial charge in [-0.05, 0) is 40.6 Å². The van der Waals surface area contributed by atoms with E-state index in [0.29, 0.717) is 48.1 Å². The molecule has 0 unspecified atom stereocenters. The van der Waals surface area contributed by atoms with Crippen molar-refractivity contribution in [3.05, 3.63) is 51.7 Å². The molecule has 4 rings (SSSR count). The summed E-state index contributed by atoms with van der Waals surface area (Å²) in [6, 6.07) is 7.88. The summed E-state index contributed by atoms with van der Waals surface area (Å²) in [6.07, 6.45) is 1.35. The lowest BCUT2D eigenvalue weighted by molar-refractivity contribution is -0.122. The molecule has 2 aromatic rings. The van der Waals surface area contributed by atoms with Gasteiger partial charge in [0, 0.05) is 19.2 Å². The van der Waals surface area contributed by atoms with E-state index in [9.17, 15) is 14.4 Å². The first-order valence-electron chi connectivity index (χ1n) is 9.05. The number of rotatable bonds is 3. The van der Waals surface area contributed by atoms with Crippen LogP contribution in [0.1, 0.15) is 11.3 Å². The van der Waals surface area contributed by atoms with Crippen LogP contribution in [0.25, 0.3) is 6.08 Å². The number of ether oxygens (including phenoxy) is 1. The number of nitrogens with one attached hydrogen (secondary N) is 1.